The molecule has 6 nitrogen and oxygen atoms in total. The Labute approximate surface area is 144 Å². The van der Waals surface area contributed by atoms with Crippen molar-refractivity contribution in [1.82, 2.24) is 10.3 Å². The van der Waals surface area contributed by atoms with Crippen molar-refractivity contribution in [3.05, 3.63) is 66.0 Å². The maximum absolute atomic E-state index is 11.8. The largest absolute Gasteiger partial charge is 0.480 e. The fourth-order valence-corrected chi connectivity index (χ4v) is 2.86. The van der Waals surface area contributed by atoms with Gasteiger partial charge in [0.05, 0.1) is 0 Å². The van der Waals surface area contributed by atoms with Gasteiger partial charge in [-0.1, -0.05) is 30.3 Å². The molecule has 0 aliphatic rings. The summed E-state index contributed by atoms with van der Waals surface area (Å²) in [4.78, 5) is 26.9. The quantitative estimate of drug-likeness (QED) is 0.764. The van der Waals surface area contributed by atoms with Crippen LogP contribution in [0.5, 0.6) is 0 Å². The van der Waals surface area contributed by atoms with Gasteiger partial charge in [0.15, 0.2) is 0 Å². The summed E-state index contributed by atoms with van der Waals surface area (Å²) in [6.07, 6.45) is 2.63. The molecule has 0 radical (unpaired) electrons. The molecule has 1 atom stereocenters. The van der Waals surface area contributed by atoms with Crippen molar-refractivity contribution in [2.24, 2.45) is 0 Å². The van der Waals surface area contributed by atoms with E-state index in [0.29, 0.717) is 5.75 Å². The number of amides is 1. The highest BCUT2D eigenvalue weighted by Crippen LogP contribution is 2.12. The molecule has 0 spiro atoms. The van der Waals surface area contributed by atoms with E-state index in [1.807, 2.05) is 42.5 Å². The zero-order valence-corrected chi connectivity index (χ0v) is 13.7. The molecule has 0 aliphatic heterocycles. The van der Waals surface area contributed by atoms with Crippen molar-refractivity contribution in [2.75, 3.05) is 5.75 Å². The van der Waals surface area contributed by atoms with Crippen LogP contribution in [0.2, 0.25) is 0 Å². The molecule has 126 valence electrons. The predicted molar refractivity (Wildman–Crippen MR) is 91.6 cm³/mol. The molecule has 7 heteroatoms. The topological polar surface area (TPSA) is 88.5 Å². The number of carbonyl (C=O) groups excluding carboxylic acids is 1. The molecular weight excluding hydrogens is 328 g/mol. The molecule has 0 saturated carbocycles. The predicted octanol–water partition coefficient (Wildman–Crippen LogP) is 2.69. The van der Waals surface area contributed by atoms with E-state index in [1.54, 1.807) is 12.4 Å². The van der Waals surface area contributed by atoms with Crippen molar-refractivity contribution in [3.8, 4) is 0 Å². The van der Waals surface area contributed by atoms with Crippen LogP contribution in [0.3, 0.4) is 0 Å². The summed E-state index contributed by atoms with van der Waals surface area (Å²) < 4.78 is 5.04. The third-order valence-corrected chi connectivity index (χ3v) is 4.21. The van der Waals surface area contributed by atoms with Crippen LogP contribution < -0.4 is 5.32 Å². The number of aliphatic carboxylic acids is 1. The Bertz CT molecular complexity index is 652. The van der Waals surface area contributed by atoms with Crippen molar-refractivity contribution in [2.45, 2.75) is 18.4 Å². The number of carbonyl (C=O) groups is 2. The summed E-state index contributed by atoms with van der Waals surface area (Å²) >= 11 is 1.42. The lowest BCUT2D eigenvalue weighted by Gasteiger charge is -2.14. The number of aromatic nitrogens is 1. The Hall–Kier alpha value is -2.54. The van der Waals surface area contributed by atoms with Crippen LogP contribution in [0.1, 0.15) is 11.1 Å². The maximum Gasteiger partial charge on any atom is 0.408 e. The van der Waals surface area contributed by atoms with Gasteiger partial charge in [0.25, 0.3) is 0 Å². The first kappa shape index (κ1) is 17.8. The lowest BCUT2D eigenvalue weighted by Crippen LogP contribution is -2.42. The minimum Gasteiger partial charge on any atom is -0.480 e. The highest BCUT2D eigenvalue weighted by Gasteiger charge is 2.20. The van der Waals surface area contributed by atoms with Crippen LogP contribution in [-0.4, -0.2) is 33.9 Å². The van der Waals surface area contributed by atoms with Crippen molar-refractivity contribution in [1.29, 1.82) is 0 Å². The van der Waals surface area contributed by atoms with Crippen LogP contribution in [0.25, 0.3) is 0 Å². The van der Waals surface area contributed by atoms with E-state index in [0.717, 1.165) is 11.1 Å². The van der Waals surface area contributed by atoms with Crippen molar-refractivity contribution >= 4 is 23.8 Å². The van der Waals surface area contributed by atoms with Crippen LogP contribution in [0.4, 0.5) is 4.79 Å². The third kappa shape index (κ3) is 6.29. The second-order valence-corrected chi connectivity index (χ2v) is 6.00. The number of rotatable bonds is 8. The number of alkyl carbamates (subject to hydrolysis) is 1. The molecule has 1 aromatic heterocycles. The Morgan fingerprint density at radius 2 is 1.83 bits per heavy atom. The number of pyridine rings is 1. The number of carboxylic acids is 1. The second kappa shape index (κ2) is 9.57. The Morgan fingerprint density at radius 3 is 2.50 bits per heavy atom. The molecule has 1 amide bonds. The fraction of sp³-hybridized carbons (Fsp3) is 0.235. The Balaban J connectivity index is 1.75. The third-order valence-electron chi connectivity index (χ3n) is 3.11. The Kier molecular flexibility index (Phi) is 7.10. The minimum absolute atomic E-state index is 0.100. The van der Waals surface area contributed by atoms with Gasteiger partial charge in [-0.05, 0) is 23.3 Å². The van der Waals surface area contributed by atoms with Crippen molar-refractivity contribution < 1.29 is 19.4 Å². The summed E-state index contributed by atoms with van der Waals surface area (Å²) in [5.41, 5.74) is 1.89. The molecule has 2 rings (SSSR count). The summed E-state index contributed by atoms with van der Waals surface area (Å²) in [6, 6.07) is 11.9. The van der Waals surface area contributed by atoms with E-state index in [9.17, 15) is 14.7 Å². The first-order valence-electron chi connectivity index (χ1n) is 7.32. The van der Waals surface area contributed by atoms with Gasteiger partial charge < -0.3 is 15.2 Å². The van der Waals surface area contributed by atoms with Gasteiger partial charge in [-0.3, -0.25) is 4.98 Å². The number of ether oxygens (including phenoxy) is 1. The second-order valence-electron chi connectivity index (χ2n) is 4.97. The lowest BCUT2D eigenvalue weighted by molar-refractivity contribution is -0.138. The highest BCUT2D eigenvalue weighted by molar-refractivity contribution is 7.98. The number of hydrogen-bond donors (Lipinski definition) is 2. The number of benzene rings is 1. The maximum atomic E-state index is 11.8. The molecule has 1 heterocycles. The highest BCUT2D eigenvalue weighted by atomic mass is 32.2. The minimum atomic E-state index is -1.09. The number of thioether (sulfide) groups is 1. The SMILES string of the molecule is O=C(N[C@@H](CSCc1ccncc1)C(=O)O)OCc1ccccc1. The van der Waals surface area contributed by atoms with E-state index in [2.05, 4.69) is 10.3 Å². The van der Waals surface area contributed by atoms with E-state index in [1.165, 1.54) is 11.8 Å². The average molecular weight is 346 g/mol. The molecular formula is C17H18N2O4S. The molecule has 0 aliphatic carbocycles. The van der Waals surface area contributed by atoms with Crippen LogP contribution in [0, 0.1) is 0 Å². The van der Waals surface area contributed by atoms with Gasteiger partial charge in [-0.25, -0.2) is 9.59 Å². The Morgan fingerprint density at radius 1 is 1.12 bits per heavy atom. The first-order chi connectivity index (χ1) is 11.6. The molecule has 24 heavy (non-hydrogen) atoms. The molecule has 0 fully saturated rings. The molecule has 2 N–H and O–H groups in total. The number of nitrogens with zero attached hydrogens (tertiary/aromatic N) is 1. The molecule has 0 unspecified atom stereocenters. The smallest absolute Gasteiger partial charge is 0.408 e. The number of carboxylic acid groups (broad SMARTS) is 1. The van der Waals surface area contributed by atoms with E-state index in [-0.39, 0.29) is 12.4 Å². The molecule has 0 saturated heterocycles. The first-order valence-corrected chi connectivity index (χ1v) is 8.47. The van der Waals surface area contributed by atoms with E-state index >= 15 is 0 Å². The monoisotopic (exact) mass is 346 g/mol. The van der Waals surface area contributed by atoms with E-state index < -0.39 is 18.1 Å². The van der Waals surface area contributed by atoms with Crippen LogP contribution >= 0.6 is 11.8 Å². The van der Waals surface area contributed by atoms with Gasteiger partial charge >= 0.3 is 12.1 Å². The average Bonchev–Trinajstić information content (AvgIpc) is 2.61. The summed E-state index contributed by atoms with van der Waals surface area (Å²) in [6.45, 7) is 0.100. The van der Waals surface area contributed by atoms with Crippen LogP contribution in [0.15, 0.2) is 54.9 Å². The van der Waals surface area contributed by atoms with E-state index in [4.69, 9.17) is 4.74 Å². The number of nitrogens with one attached hydrogen (secondary N) is 1. The normalized spacial score (nSPS) is 11.5. The zero-order valence-electron chi connectivity index (χ0n) is 12.9. The standard InChI is InChI=1S/C17H18N2O4S/c20-16(21)15(12-24-11-14-6-8-18-9-7-14)19-17(22)23-10-13-4-2-1-3-5-13/h1-9,15H,10-12H2,(H,19,22)(H,20,21)/t15-/m0/s1. The van der Waals surface area contributed by atoms with Crippen molar-refractivity contribution in [3.63, 3.8) is 0 Å². The van der Waals surface area contributed by atoms with Gasteiger partial charge in [0.2, 0.25) is 0 Å². The lowest BCUT2D eigenvalue weighted by atomic mass is 10.2. The molecule has 2 aromatic rings. The van der Waals surface area contributed by atoms with Gasteiger partial charge in [0.1, 0.15) is 12.6 Å². The summed E-state index contributed by atoms with van der Waals surface area (Å²) in [5.74, 6) is -0.195. The zero-order chi connectivity index (χ0) is 17.2. The molecule has 0 bridgehead atoms. The summed E-state index contributed by atoms with van der Waals surface area (Å²) in [5, 5.41) is 11.6. The van der Waals surface area contributed by atoms with Gasteiger partial charge in [-0.15, -0.1) is 0 Å². The molecule has 1 aromatic carbocycles. The summed E-state index contributed by atoms with van der Waals surface area (Å²) in [7, 11) is 0. The van der Waals surface area contributed by atoms with Crippen LogP contribution in [-0.2, 0) is 21.9 Å². The fourth-order valence-electron chi connectivity index (χ4n) is 1.86. The van der Waals surface area contributed by atoms with Gasteiger partial charge in [-0.2, -0.15) is 11.8 Å². The number of hydrogen-bond acceptors (Lipinski definition) is 5. The van der Waals surface area contributed by atoms with Gasteiger partial charge in [0, 0.05) is 23.9 Å².